The smallest absolute Gasteiger partial charge is 0.191 e. The second-order valence-corrected chi connectivity index (χ2v) is 6.29. The number of guanidine groups is 1. The minimum absolute atomic E-state index is 0. The molecule has 0 bridgehead atoms. The van der Waals surface area contributed by atoms with Gasteiger partial charge in [0.1, 0.15) is 11.4 Å². The van der Waals surface area contributed by atoms with Gasteiger partial charge < -0.3 is 20.2 Å². The fourth-order valence-corrected chi connectivity index (χ4v) is 2.73. The van der Waals surface area contributed by atoms with Gasteiger partial charge in [0, 0.05) is 18.1 Å². The van der Waals surface area contributed by atoms with Gasteiger partial charge >= 0.3 is 0 Å². The number of aliphatic imine (C=N–C) groups is 1. The van der Waals surface area contributed by atoms with Crippen LogP contribution in [0, 0.1) is 0 Å². The van der Waals surface area contributed by atoms with Gasteiger partial charge in [-0.1, -0.05) is 18.2 Å². The van der Waals surface area contributed by atoms with E-state index in [1.165, 1.54) is 0 Å². The van der Waals surface area contributed by atoms with Crippen molar-refractivity contribution in [2.75, 3.05) is 13.1 Å². The van der Waals surface area contributed by atoms with Gasteiger partial charge in [0.05, 0.1) is 24.9 Å². The Bertz CT molecular complexity index is 873. The average Bonchev–Trinajstić information content (AvgIpc) is 3.20. The van der Waals surface area contributed by atoms with E-state index in [0.29, 0.717) is 18.3 Å². The lowest BCUT2D eigenvalue weighted by Gasteiger charge is -2.22. The van der Waals surface area contributed by atoms with Gasteiger partial charge in [-0.05, 0) is 43.7 Å². The Morgan fingerprint density at radius 1 is 1.19 bits per heavy atom. The van der Waals surface area contributed by atoms with E-state index in [0.717, 1.165) is 23.0 Å². The van der Waals surface area contributed by atoms with E-state index < -0.39 is 5.60 Å². The lowest BCUT2D eigenvalue weighted by atomic mass is 10.0. The lowest BCUT2D eigenvalue weighted by Crippen LogP contribution is -2.44. The highest BCUT2D eigenvalue weighted by atomic mass is 127. The summed E-state index contributed by atoms with van der Waals surface area (Å²) < 4.78 is 5.31. The zero-order chi connectivity index (χ0) is 18.4. The fraction of sp³-hybridized carbons (Fsp3) is 0.300. The molecule has 0 spiro atoms. The van der Waals surface area contributed by atoms with Gasteiger partial charge in [-0.15, -0.1) is 24.0 Å². The summed E-state index contributed by atoms with van der Waals surface area (Å²) in [7, 11) is 0. The van der Waals surface area contributed by atoms with E-state index >= 15 is 0 Å². The highest BCUT2D eigenvalue weighted by molar-refractivity contribution is 14.0. The molecule has 1 aromatic carbocycles. The average molecular weight is 480 g/mol. The normalized spacial score (nSPS) is 13.7. The quantitative estimate of drug-likeness (QED) is 0.286. The first-order valence-corrected chi connectivity index (χ1v) is 8.71. The van der Waals surface area contributed by atoms with Crippen LogP contribution in [0.25, 0.3) is 10.9 Å². The van der Waals surface area contributed by atoms with Crippen LogP contribution in [0.15, 0.2) is 64.3 Å². The number of fused-ring (bicyclic) bond motifs is 1. The molecule has 0 aliphatic rings. The molecule has 3 N–H and O–H groups in total. The van der Waals surface area contributed by atoms with Crippen molar-refractivity contribution in [1.29, 1.82) is 0 Å². The molecular formula is C20H25IN4O2. The summed E-state index contributed by atoms with van der Waals surface area (Å²) >= 11 is 0. The molecule has 7 heteroatoms. The van der Waals surface area contributed by atoms with Crippen LogP contribution >= 0.6 is 24.0 Å². The summed E-state index contributed by atoms with van der Waals surface area (Å²) in [6.45, 7) is 5.24. The first kappa shape index (κ1) is 21.2. The molecule has 0 radical (unpaired) electrons. The summed E-state index contributed by atoms with van der Waals surface area (Å²) in [5, 5.41) is 18.0. The monoisotopic (exact) mass is 480 g/mol. The van der Waals surface area contributed by atoms with Gasteiger partial charge in [-0.25, -0.2) is 4.99 Å². The molecule has 0 amide bonds. The standard InChI is InChI=1S/C20H24N4O2.HI/c1-3-21-19(24-14-20(2,25)18-9-6-12-26-18)23-13-15-10-11-22-17-8-5-4-7-16(15)17;/h4-12,25H,3,13-14H2,1-2H3,(H2,21,23,24);1H. The number of para-hydroxylation sites is 1. The van der Waals surface area contributed by atoms with Crippen molar-refractivity contribution < 1.29 is 9.52 Å². The van der Waals surface area contributed by atoms with Gasteiger partial charge in [0.25, 0.3) is 0 Å². The number of benzene rings is 1. The highest BCUT2D eigenvalue weighted by Crippen LogP contribution is 2.20. The van der Waals surface area contributed by atoms with Gasteiger partial charge in [-0.3, -0.25) is 4.98 Å². The Morgan fingerprint density at radius 2 is 2.00 bits per heavy atom. The molecule has 0 saturated carbocycles. The minimum atomic E-state index is -1.12. The number of nitrogens with one attached hydrogen (secondary N) is 2. The topological polar surface area (TPSA) is 82.7 Å². The Morgan fingerprint density at radius 3 is 2.74 bits per heavy atom. The molecule has 144 valence electrons. The second kappa shape index (κ2) is 9.70. The van der Waals surface area contributed by atoms with E-state index in [1.54, 1.807) is 31.5 Å². The Hall–Kier alpha value is -2.13. The van der Waals surface area contributed by atoms with Crippen LogP contribution in [0.3, 0.4) is 0 Å². The zero-order valence-corrected chi connectivity index (χ0v) is 17.8. The molecular weight excluding hydrogens is 455 g/mol. The van der Waals surface area contributed by atoms with Gasteiger partial charge in [0.15, 0.2) is 5.96 Å². The van der Waals surface area contributed by atoms with Crippen molar-refractivity contribution in [3.8, 4) is 0 Å². The van der Waals surface area contributed by atoms with E-state index in [9.17, 15) is 5.11 Å². The van der Waals surface area contributed by atoms with Crippen molar-refractivity contribution >= 4 is 40.8 Å². The lowest BCUT2D eigenvalue weighted by molar-refractivity contribution is 0.0386. The summed E-state index contributed by atoms with van der Waals surface area (Å²) in [6.07, 6.45) is 3.35. The van der Waals surface area contributed by atoms with Crippen molar-refractivity contribution in [3.63, 3.8) is 0 Å². The van der Waals surface area contributed by atoms with Crippen LogP contribution < -0.4 is 10.6 Å². The van der Waals surface area contributed by atoms with Gasteiger partial charge in [0.2, 0.25) is 0 Å². The Labute approximate surface area is 176 Å². The molecule has 1 atom stereocenters. The summed E-state index contributed by atoms with van der Waals surface area (Å²) in [5.74, 6) is 1.15. The molecule has 0 saturated heterocycles. The summed E-state index contributed by atoms with van der Waals surface area (Å²) in [4.78, 5) is 9.02. The number of hydrogen-bond acceptors (Lipinski definition) is 4. The molecule has 6 nitrogen and oxygen atoms in total. The SMILES string of the molecule is CCNC(=NCc1ccnc2ccccc12)NCC(C)(O)c1ccco1.I. The molecule has 2 heterocycles. The number of pyridine rings is 1. The van der Waals surface area contributed by atoms with Crippen LogP contribution in [0.5, 0.6) is 0 Å². The molecule has 1 unspecified atom stereocenters. The molecule has 3 rings (SSSR count). The van der Waals surface area contributed by atoms with Crippen molar-refractivity contribution in [2.45, 2.75) is 26.0 Å². The van der Waals surface area contributed by atoms with E-state index in [2.05, 4.69) is 26.7 Å². The minimum Gasteiger partial charge on any atom is -0.466 e. The maximum Gasteiger partial charge on any atom is 0.191 e. The first-order chi connectivity index (χ1) is 12.6. The van der Waals surface area contributed by atoms with Crippen LogP contribution in [0.1, 0.15) is 25.2 Å². The van der Waals surface area contributed by atoms with E-state index in [1.807, 2.05) is 31.2 Å². The maximum atomic E-state index is 10.6. The molecule has 3 aromatic rings. The number of nitrogens with zero attached hydrogens (tertiary/aromatic N) is 2. The van der Waals surface area contributed by atoms with Crippen molar-refractivity contribution in [3.05, 3.63) is 66.2 Å². The number of aliphatic hydroxyl groups is 1. The van der Waals surface area contributed by atoms with Gasteiger partial charge in [-0.2, -0.15) is 0 Å². The van der Waals surface area contributed by atoms with E-state index in [-0.39, 0.29) is 30.5 Å². The molecule has 27 heavy (non-hydrogen) atoms. The number of rotatable bonds is 6. The first-order valence-electron chi connectivity index (χ1n) is 8.71. The molecule has 0 aliphatic heterocycles. The van der Waals surface area contributed by atoms with Crippen LogP contribution in [-0.2, 0) is 12.1 Å². The highest BCUT2D eigenvalue weighted by Gasteiger charge is 2.26. The second-order valence-electron chi connectivity index (χ2n) is 6.29. The molecule has 0 aliphatic carbocycles. The Kier molecular flexibility index (Phi) is 7.61. The van der Waals surface area contributed by atoms with E-state index in [4.69, 9.17) is 4.42 Å². The third-order valence-electron chi connectivity index (χ3n) is 4.14. The molecule has 0 fully saturated rings. The third kappa shape index (κ3) is 5.43. The Balaban J connectivity index is 0.00000261. The zero-order valence-electron chi connectivity index (χ0n) is 15.5. The number of halogens is 1. The number of hydrogen-bond donors (Lipinski definition) is 3. The van der Waals surface area contributed by atoms with Crippen LogP contribution in [-0.4, -0.2) is 29.1 Å². The third-order valence-corrected chi connectivity index (χ3v) is 4.14. The maximum absolute atomic E-state index is 10.6. The molecule has 2 aromatic heterocycles. The summed E-state index contributed by atoms with van der Waals surface area (Å²) in [5.41, 5.74) is 0.938. The predicted molar refractivity (Wildman–Crippen MR) is 118 cm³/mol. The van der Waals surface area contributed by atoms with Crippen molar-refractivity contribution in [1.82, 2.24) is 15.6 Å². The van der Waals surface area contributed by atoms with Crippen LogP contribution in [0.2, 0.25) is 0 Å². The predicted octanol–water partition coefficient (Wildman–Crippen LogP) is 3.41. The van der Waals surface area contributed by atoms with Crippen molar-refractivity contribution in [2.24, 2.45) is 4.99 Å². The number of aromatic nitrogens is 1. The number of furan rings is 1. The summed E-state index contributed by atoms with van der Waals surface area (Å²) in [6, 6.07) is 13.5. The van der Waals surface area contributed by atoms with Crippen LogP contribution in [0.4, 0.5) is 0 Å². The largest absolute Gasteiger partial charge is 0.466 e. The fourth-order valence-electron chi connectivity index (χ4n) is 2.73.